The Labute approximate surface area is 123 Å². The molecule has 20 heavy (non-hydrogen) atoms. The molecular formula is C15H18N2O2S. The summed E-state index contributed by atoms with van der Waals surface area (Å²) in [4.78, 5) is 11.2. The molecule has 0 saturated carbocycles. The Morgan fingerprint density at radius 1 is 1.40 bits per heavy atom. The lowest BCUT2D eigenvalue weighted by molar-refractivity contribution is -0.140. The van der Waals surface area contributed by atoms with Crippen LogP contribution in [0.5, 0.6) is 0 Å². The first-order valence-corrected chi connectivity index (χ1v) is 7.51. The summed E-state index contributed by atoms with van der Waals surface area (Å²) in [6.45, 7) is 2.04. The average molecular weight is 290 g/mol. The maximum Gasteiger partial charge on any atom is 0.306 e. The third-order valence-electron chi connectivity index (χ3n) is 2.92. The molecule has 0 N–H and O–H groups in total. The SMILES string of the molecule is COC(=O)CC(C)SCc1ccc(-n2cccn2)cc1. The molecule has 0 radical (unpaired) electrons. The van der Waals surface area contributed by atoms with Gasteiger partial charge in [-0.25, -0.2) is 4.68 Å². The number of esters is 1. The Morgan fingerprint density at radius 2 is 2.15 bits per heavy atom. The van der Waals surface area contributed by atoms with Crippen molar-refractivity contribution in [1.82, 2.24) is 9.78 Å². The van der Waals surface area contributed by atoms with Gasteiger partial charge in [-0.1, -0.05) is 19.1 Å². The van der Waals surface area contributed by atoms with Crippen LogP contribution in [0.4, 0.5) is 0 Å². The fraction of sp³-hybridized carbons (Fsp3) is 0.333. The number of carbonyl (C=O) groups excluding carboxylic acids is 1. The number of hydrogen-bond acceptors (Lipinski definition) is 4. The van der Waals surface area contributed by atoms with Crippen molar-refractivity contribution >= 4 is 17.7 Å². The summed E-state index contributed by atoms with van der Waals surface area (Å²) in [5, 5.41) is 4.45. The molecule has 0 aliphatic carbocycles. The van der Waals surface area contributed by atoms with Gasteiger partial charge in [-0.15, -0.1) is 0 Å². The van der Waals surface area contributed by atoms with E-state index < -0.39 is 0 Å². The Hall–Kier alpha value is -1.75. The maximum absolute atomic E-state index is 11.2. The average Bonchev–Trinajstić information content (AvgIpc) is 2.99. The lowest BCUT2D eigenvalue weighted by Crippen LogP contribution is -2.08. The van der Waals surface area contributed by atoms with Crippen LogP contribution >= 0.6 is 11.8 Å². The van der Waals surface area contributed by atoms with Crippen molar-refractivity contribution in [2.45, 2.75) is 24.3 Å². The highest BCUT2D eigenvalue weighted by molar-refractivity contribution is 7.99. The van der Waals surface area contributed by atoms with Gasteiger partial charge in [-0.05, 0) is 23.8 Å². The monoisotopic (exact) mass is 290 g/mol. The van der Waals surface area contributed by atoms with Crippen molar-refractivity contribution in [2.24, 2.45) is 0 Å². The minimum atomic E-state index is -0.154. The lowest BCUT2D eigenvalue weighted by atomic mass is 10.2. The third kappa shape index (κ3) is 4.13. The van der Waals surface area contributed by atoms with E-state index in [9.17, 15) is 4.79 Å². The molecule has 2 rings (SSSR count). The number of benzene rings is 1. The fourth-order valence-electron chi connectivity index (χ4n) is 1.78. The largest absolute Gasteiger partial charge is 0.469 e. The van der Waals surface area contributed by atoms with Gasteiger partial charge >= 0.3 is 5.97 Å². The standard InChI is InChI=1S/C15H18N2O2S/c1-12(10-15(18)19-2)20-11-13-4-6-14(7-5-13)17-9-3-8-16-17/h3-9,12H,10-11H2,1-2H3. The van der Waals surface area contributed by atoms with Gasteiger partial charge in [0.1, 0.15) is 0 Å². The molecule has 0 fully saturated rings. The van der Waals surface area contributed by atoms with Crippen LogP contribution < -0.4 is 0 Å². The second-order valence-electron chi connectivity index (χ2n) is 4.52. The molecule has 106 valence electrons. The van der Waals surface area contributed by atoms with Crippen molar-refractivity contribution in [3.63, 3.8) is 0 Å². The summed E-state index contributed by atoms with van der Waals surface area (Å²) in [5.74, 6) is 0.733. The predicted molar refractivity (Wildman–Crippen MR) is 81.0 cm³/mol. The first-order chi connectivity index (χ1) is 9.69. The van der Waals surface area contributed by atoms with Gasteiger partial charge < -0.3 is 4.74 Å². The minimum Gasteiger partial charge on any atom is -0.469 e. The summed E-state index contributed by atoms with van der Waals surface area (Å²) in [7, 11) is 1.42. The van der Waals surface area contributed by atoms with Crippen LogP contribution in [-0.4, -0.2) is 28.1 Å². The van der Waals surface area contributed by atoms with E-state index in [0.717, 1.165) is 11.4 Å². The van der Waals surface area contributed by atoms with Crippen LogP contribution in [0.15, 0.2) is 42.7 Å². The molecule has 1 atom stereocenters. The molecule has 0 amide bonds. The van der Waals surface area contributed by atoms with E-state index in [4.69, 9.17) is 0 Å². The smallest absolute Gasteiger partial charge is 0.306 e. The van der Waals surface area contributed by atoms with E-state index in [1.807, 2.05) is 36.0 Å². The third-order valence-corrected chi connectivity index (χ3v) is 4.16. The fourth-order valence-corrected chi connectivity index (χ4v) is 2.71. The minimum absolute atomic E-state index is 0.154. The van der Waals surface area contributed by atoms with Crippen LogP contribution in [0.1, 0.15) is 18.9 Å². The molecule has 1 aromatic heterocycles. The Balaban J connectivity index is 1.86. The number of rotatable bonds is 6. The zero-order valence-electron chi connectivity index (χ0n) is 11.7. The summed E-state index contributed by atoms with van der Waals surface area (Å²) >= 11 is 1.75. The Bertz CT molecular complexity index is 538. The number of hydrogen-bond donors (Lipinski definition) is 0. The quantitative estimate of drug-likeness (QED) is 0.767. The number of thioether (sulfide) groups is 1. The van der Waals surface area contributed by atoms with Crippen LogP contribution in [0.3, 0.4) is 0 Å². The van der Waals surface area contributed by atoms with E-state index in [2.05, 4.69) is 22.0 Å². The molecule has 0 spiro atoms. The second kappa shape index (κ2) is 7.14. The van der Waals surface area contributed by atoms with Crippen LogP contribution in [-0.2, 0) is 15.3 Å². The number of aromatic nitrogens is 2. The number of carbonyl (C=O) groups is 1. The van der Waals surface area contributed by atoms with Gasteiger partial charge in [-0.3, -0.25) is 4.79 Å². The van der Waals surface area contributed by atoms with Crippen LogP contribution in [0.2, 0.25) is 0 Å². The number of ether oxygens (including phenoxy) is 1. The summed E-state index contributed by atoms with van der Waals surface area (Å²) in [5.41, 5.74) is 2.29. The highest BCUT2D eigenvalue weighted by Gasteiger charge is 2.09. The predicted octanol–water partition coefficient (Wildman–Crippen LogP) is 3.06. The van der Waals surface area contributed by atoms with Gasteiger partial charge in [0.2, 0.25) is 0 Å². The number of nitrogens with zero attached hydrogens (tertiary/aromatic N) is 2. The Kier molecular flexibility index (Phi) is 5.24. The van der Waals surface area contributed by atoms with Crippen LogP contribution in [0.25, 0.3) is 5.69 Å². The molecule has 2 aromatic rings. The first-order valence-electron chi connectivity index (χ1n) is 6.46. The molecule has 5 heteroatoms. The van der Waals surface area contributed by atoms with Crippen molar-refractivity contribution < 1.29 is 9.53 Å². The molecule has 1 heterocycles. The van der Waals surface area contributed by atoms with Crippen LogP contribution in [0, 0.1) is 0 Å². The highest BCUT2D eigenvalue weighted by Crippen LogP contribution is 2.21. The van der Waals surface area contributed by atoms with Crippen molar-refractivity contribution in [1.29, 1.82) is 0 Å². The van der Waals surface area contributed by atoms with Gasteiger partial charge in [0.25, 0.3) is 0 Å². The van der Waals surface area contributed by atoms with E-state index in [-0.39, 0.29) is 11.2 Å². The molecule has 0 saturated heterocycles. The van der Waals surface area contributed by atoms with Crippen molar-refractivity contribution in [2.75, 3.05) is 7.11 Å². The Morgan fingerprint density at radius 3 is 2.75 bits per heavy atom. The van der Waals surface area contributed by atoms with E-state index in [1.165, 1.54) is 12.7 Å². The van der Waals surface area contributed by atoms with E-state index in [1.54, 1.807) is 18.0 Å². The molecule has 1 aromatic carbocycles. The molecule has 0 bridgehead atoms. The normalized spacial score (nSPS) is 12.1. The maximum atomic E-state index is 11.2. The number of methoxy groups -OCH3 is 1. The highest BCUT2D eigenvalue weighted by atomic mass is 32.2. The van der Waals surface area contributed by atoms with Gasteiger partial charge in [-0.2, -0.15) is 16.9 Å². The molecule has 0 aliphatic rings. The molecular weight excluding hydrogens is 272 g/mol. The zero-order valence-corrected chi connectivity index (χ0v) is 12.5. The molecule has 4 nitrogen and oxygen atoms in total. The van der Waals surface area contributed by atoms with Gasteiger partial charge in [0.05, 0.1) is 19.2 Å². The van der Waals surface area contributed by atoms with E-state index in [0.29, 0.717) is 6.42 Å². The summed E-state index contributed by atoms with van der Waals surface area (Å²) < 4.78 is 6.50. The molecule has 1 unspecified atom stereocenters. The summed E-state index contributed by atoms with van der Waals surface area (Å²) in [6.07, 6.45) is 4.13. The van der Waals surface area contributed by atoms with Gasteiger partial charge in [0.15, 0.2) is 0 Å². The van der Waals surface area contributed by atoms with Gasteiger partial charge in [0, 0.05) is 23.4 Å². The zero-order chi connectivity index (χ0) is 14.4. The summed E-state index contributed by atoms with van der Waals surface area (Å²) in [6, 6.07) is 10.2. The topological polar surface area (TPSA) is 44.1 Å². The van der Waals surface area contributed by atoms with E-state index >= 15 is 0 Å². The molecule has 0 aliphatic heterocycles. The van der Waals surface area contributed by atoms with Crippen molar-refractivity contribution in [3.05, 3.63) is 48.3 Å². The second-order valence-corrected chi connectivity index (χ2v) is 5.95. The first kappa shape index (κ1) is 14.7. The lowest BCUT2D eigenvalue weighted by Gasteiger charge is -2.10. The van der Waals surface area contributed by atoms with Crippen molar-refractivity contribution in [3.8, 4) is 5.69 Å².